The van der Waals surface area contributed by atoms with E-state index in [-0.39, 0.29) is 6.04 Å². The van der Waals surface area contributed by atoms with Crippen LogP contribution in [0.25, 0.3) is 0 Å². The molecule has 0 saturated heterocycles. The summed E-state index contributed by atoms with van der Waals surface area (Å²) < 4.78 is 6.26. The molecule has 0 aliphatic carbocycles. The molecule has 0 aliphatic rings. The number of rotatable bonds is 4. The molecule has 6 heteroatoms. The molecule has 0 amide bonds. The molecule has 0 spiro atoms. The molecule has 1 unspecified atom stereocenters. The van der Waals surface area contributed by atoms with Gasteiger partial charge in [0, 0.05) is 14.7 Å². The van der Waals surface area contributed by atoms with Gasteiger partial charge in [-0.2, -0.15) is 0 Å². The third kappa shape index (κ3) is 2.87. The summed E-state index contributed by atoms with van der Waals surface area (Å²) in [6.07, 6.45) is 0. The maximum Gasteiger partial charge on any atom is 0.137 e. The second-order valence-electron chi connectivity index (χ2n) is 3.66. The number of benzene rings is 1. The highest BCUT2D eigenvalue weighted by Crippen LogP contribution is 2.33. The molecule has 0 saturated carbocycles. The minimum absolute atomic E-state index is 0.0764. The van der Waals surface area contributed by atoms with Gasteiger partial charge in [0.05, 0.1) is 18.2 Å². The molecule has 2 aromatic rings. The third-order valence-electron chi connectivity index (χ3n) is 2.55. The van der Waals surface area contributed by atoms with E-state index in [1.807, 2.05) is 29.6 Å². The molecule has 0 radical (unpaired) electrons. The summed E-state index contributed by atoms with van der Waals surface area (Å²) in [6, 6.07) is 7.59. The van der Waals surface area contributed by atoms with Crippen LogP contribution in [0.1, 0.15) is 16.5 Å². The first kappa shape index (κ1) is 13.8. The van der Waals surface area contributed by atoms with Gasteiger partial charge in [0.2, 0.25) is 0 Å². The highest BCUT2D eigenvalue weighted by Gasteiger charge is 2.16. The first-order chi connectivity index (χ1) is 8.65. The highest BCUT2D eigenvalue weighted by atomic mass is 79.9. The predicted octanol–water partition coefficient (Wildman–Crippen LogP) is 3.73. The van der Waals surface area contributed by atoms with Crippen LogP contribution >= 0.6 is 38.9 Å². The monoisotopic (exact) mass is 346 g/mol. The number of hydrazine groups is 1. The molecule has 0 aliphatic heterocycles. The van der Waals surface area contributed by atoms with Crippen LogP contribution in [-0.4, -0.2) is 7.11 Å². The van der Waals surface area contributed by atoms with Crippen LogP contribution in [0.4, 0.5) is 0 Å². The van der Waals surface area contributed by atoms with Crippen LogP contribution in [0, 0.1) is 0 Å². The molecule has 18 heavy (non-hydrogen) atoms. The van der Waals surface area contributed by atoms with Crippen molar-refractivity contribution in [2.45, 2.75) is 6.04 Å². The Labute approximate surface area is 123 Å². The summed E-state index contributed by atoms with van der Waals surface area (Å²) in [7, 11) is 1.59. The lowest BCUT2D eigenvalue weighted by Gasteiger charge is -2.16. The van der Waals surface area contributed by atoms with E-state index in [0.717, 1.165) is 14.9 Å². The number of hydrogen-bond acceptors (Lipinski definition) is 4. The van der Waals surface area contributed by atoms with Gasteiger partial charge in [-0.3, -0.25) is 5.84 Å². The van der Waals surface area contributed by atoms with Crippen molar-refractivity contribution in [2.75, 3.05) is 7.11 Å². The SMILES string of the molecule is COc1cc(C(NN)c2cc(Br)cs2)ccc1Cl. The fourth-order valence-electron chi connectivity index (χ4n) is 1.68. The zero-order valence-electron chi connectivity index (χ0n) is 9.61. The van der Waals surface area contributed by atoms with Crippen molar-refractivity contribution < 1.29 is 4.74 Å². The number of thiophene rings is 1. The van der Waals surface area contributed by atoms with Gasteiger partial charge in [-0.15, -0.1) is 11.3 Å². The number of ether oxygens (including phenoxy) is 1. The topological polar surface area (TPSA) is 47.3 Å². The molecular formula is C12H12BrClN2OS. The van der Waals surface area contributed by atoms with Gasteiger partial charge in [0.1, 0.15) is 5.75 Å². The Morgan fingerprint density at radius 2 is 2.22 bits per heavy atom. The van der Waals surface area contributed by atoms with Gasteiger partial charge in [-0.1, -0.05) is 17.7 Å². The van der Waals surface area contributed by atoms with Gasteiger partial charge >= 0.3 is 0 Å². The minimum Gasteiger partial charge on any atom is -0.495 e. The van der Waals surface area contributed by atoms with E-state index >= 15 is 0 Å². The first-order valence-electron chi connectivity index (χ1n) is 5.19. The van der Waals surface area contributed by atoms with Gasteiger partial charge < -0.3 is 4.74 Å². The van der Waals surface area contributed by atoms with Gasteiger partial charge in [0.15, 0.2) is 0 Å². The molecule has 96 valence electrons. The summed E-state index contributed by atoms with van der Waals surface area (Å²) >= 11 is 11.1. The van der Waals surface area contributed by atoms with Crippen molar-refractivity contribution in [3.63, 3.8) is 0 Å². The Morgan fingerprint density at radius 1 is 1.44 bits per heavy atom. The normalized spacial score (nSPS) is 12.4. The highest BCUT2D eigenvalue weighted by molar-refractivity contribution is 9.10. The summed E-state index contributed by atoms with van der Waals surface area (Å²) in [5.41, 5.74) is 3.82. The van der Waals surface area contributed by atoms with E-state index in [1.54, 1.807) is 18.4 Å². The molecule has 0 bridgehead atoms. The van der Waals surface area contributed by atoms with Crippen LogP contribution < -0.4 is 16.0 Å². The first-order valence-corrected chi connectivity index (χ1v) is 7.24. The molecule has 1 aromatic heterocycles. The molecule has 1 atom stereocenters. The molecule has 3 nitrogen and oxygen atoms in total. The van der Waals surface area contributed by atoms with Crippen molar-refractivity contribution in [1.29, 1.82) is 0 Å². The second kappa shape index (κ2) is 6.04. The average molecular weight is 348 g/mol. The van der Waals surface area contributed by atoms with E-state index in [1.165, 1.54) is 0 Å². The van der Waals surface area contributed by atoms with Crippen LogP contribution in [-0.2, 0) is 0 Å². The summed E-state index contributed by atoms with van der Waals surface area (Å²) in [5, 5.41) is 2.61. The fourth-order valence-corrected chi connectivity index (χ4v) is 3.40. The van der Waals surface area contributed by atoms with Crippen molar-refractivity contribution in [2.24, 2.45) is 5.84 Å². The Bertz CT molecular complexity index is 547. The van der Waals surface area contributed by atoms with Crippen molar-refractivity contribution >= 4 is 38.9 Å². The van der Waals surface area contributed by atoms with Gasteiger partial charge in [-0.05, 0) is 39.7 Å². The predicted molar refractivity (Wildman–Crippen MR) is 79.2 cm³/mol. The summed E-state index contributed by atoms with van der Waals surface area (Å²) in [4.78, 5) is 1.12. The Kier molecular flexibility index (Phi) is 4.64. The lowest BCUT2D eigenvalue weighted by Crippen LogP contribution is -2.28. The van der Waals surface area contributed by atoms with Crippen molar-refractivity contribution in [1.82, 2.24) is 5.43 Å². The lowest BCUT2D eigenvalue weighted by atomic mass is 10.1. The number of methoxy groups -OCH3 is 1. The lowest BCUT2D eigenvalue weighted by molar-refractivity contribution is 0.414. The van der Waals surface area contributed by atoms with Crippen molar-refractivity contribution in [3.8, 4) is 5.75 Å². The molecule has 0 fully saturated rings. The van der Waals surface area contributed by atoms with E-state index in [2.05, 4.69) is 21.4 Å². The standard InChI is InChI=1S/C12H12BrClN2OS/c1-17-10-4-7(2-3-9(10)14)12(16-15)11-5-8(13)6-18-11/h2-6,12,16H,15H2,1H3. The van der Waals surface area contributed by atoms with Gasteiger partial charge in [0.25, 0.3) is 0 Å². The Morgan fingerprint density at radius 3 is 2.78 bits per heavy atom. The van der Waals surface area contributed by atoms with Crippen LogP contribution in [0.15, 0.2) is 34.1 Å². The maximum absolute atomic E-state index is 6.01. The van der Waals surface area contributed by atoms with E-state index in [0.29, 0.717) is 10.8 Å². The number of nitrogens with two attached hydrogens (primary N) is 1. The second-order valence-corrected chi connectivity index (χ2v) is 5.93. The third-order valence-corrected chi connectivity index (χ3v) is 4.62. The van der Waals surface area contributed by atoms with Gasteiger partial charge in [-0.25, -0.2) is 5.43 Å². The Hall–Kier alpha value is -0.590. The van der Waals surface area contributed by atoms with E-state index in [4.69, 9.17) is 22.2 Å². The molecule has 2 rings (SSSR count). The molecule has 3 N–H and O–H groups in total. The van der Waals surface area contributed by atoms with Crippen LogP contribution in [0.3, 0.4) is 0 Å². The zero-order chi connectivity index (χ0) is 13.1. The zero-order valence-corrected chi connectivity index (χ0v) is 12.8. The number of halogens is 2. The smallest absolute Gasteiger partial charge is 0.137 e. The molecular weight excluding hydrogens is 336 g/mol. The quantitative estimate of drug-likeness (QED) is 0.654. The minimum atomic E-state index is -0.0764. The Balaban J connectivity index is 2.38. The summed E-state index contributed by atoms with van der Waals surface area (Å²) in [5.74, 6) is 6.29. The van der Waals surface area contributed by atoms with E-state index < -0.39 is 0 Å². The number of nitrogens with one attached hydrogen (secondary N) is 1. The largest absolute Gasteiger partial charge is 0.495 e. The fraction of sp³-hybridized carbons (Fsp3) is 0.167. The number of hydrogen-bond donors (Lipinski definition) is 2. The average Bonchev–Trinajstić information content (AvgIpc) is 2.79. The summed E-state index contributed by atoms with van der Waals surface area (Å²) in [6.45, 7) is 0. The molecule has 1 aromatic carbocycles. The van der Waals surface area contributed by atoms with Crippen molar-refractivity contribution in [3.05, 3.63) is 49.6 Å². The van der Waals surface area contributed by atoms with Crippen LogP contribution in [0.5, 0.6) is 5.75 Å². The molecule has 1 heterocycles. The van der Waals surface area contributed by atoms with Crippen LogP contribution in [0.2, 0.25) is 5.02 Å². The maximum atomic E-state index is 6.01. The van der Waals surface area contributed by atoms with E-state index in [9.17, 15) is 0 Å².